The fraction of sp³-hybridized carbons (Fsp3) is 0.478. The van der Waals surface area contributed by atoms with E-state index in [9.17, 15) is 14.7 Å². The number of carboxylic acids is 1. The number of benzene rings is 1. The molecule has 0 saturated carbocycles. The Balaban J connectivity index is 1.68. The highest BCUT2D eigenvalue weighted by atomic mass is 16.5. The minimum absolute atomic E-state index is 0.0435. The summed E-state index contributed by atoms with van der Waals surface area (Å²) in [5, 5.41) is 11.7. The van der Waals surface area contributed by atoms with E-state index in [1.54, 1.807) is 7.11 Å². The zero-order valence-electron chi connectivity index (χ0n) is 17.9. The molecule has 1 aromatic heterocycles. The van der Waals surface area contributed by atoms with Crippen LogP contribution in [0.3, 0.4) is 0 Å². The van der Waals surface area contributed by atoms with Gasteiger partial charge in [-0.1, -0.05) is 0 Å². The topological polar surface area (TPSA) is 90.2 Å². The molecule has 3 aliphatic rings. The molecule has 4 heterocycles. The number of methoxy groups -OCH3 is 1. The van der Waals surface area contributed by atoms with Gasteiger partial charge in [0, 0.05) is 23.7 Å². The van der Waals surface area contributed by atoms with Crippen molar-refractivity contribution in [2.24, 2.45) is 5.92 Å². The summed E-state index contributed by atoms with van der Waals surface area (Å²) in [7, 11) is 1.59. The molecular formula is C23H26N2O6. The molecule has 164 valence electrons. The summed E-state index contributed by atoms with van der Waals surface area (Å²) in [6.07, 6.45) is 3.30. The van der Waals surface area contributed by atoms with E-state index < -0.39 is 11.4 Å². The van der Waals surface area contributed by atoms with Crippen LogP contribution in [0.25, 0.3) is 11.3 Å². The molecule has 2 aromatic rings. The zero-order chi connectivity index (χ0) is 21.9. The number of hydrogen-bond acceptors (Lipinski definition) is 6. The first-order chi connectivity index (χ1) is 14.8. The number of pyridine rings is 1. The van der Waals surface area contributed by atoms with Crippen molar-refractivity contribution in [1.82, 2.24) is 4.68 Å². The molecule has 5 rings (SSSR count). The number of nitrogens with zero attached hydrogens (tertiary/aromatic N) is 2. The van der Waals surface area contributed by atoms with Crippen LogP contribution in [-0.2, 0) is 4.74 Å². The lowest BCUT2D eigenvalue weighted by Crippen LogP contribution is -2.50. The van der Waals surface area contributed by atoms with E-state index in [0.29, 0.717) is 42.9 Å². The molecule has 2 fully saturated rings. The van der Waals surface area contributed by atoms with E-state index in [2.05, 4.69) is 18.9 Å². The predicted molar refractivity (Wildman–Crippen MR) is 114 cm³/mol. The van der Waals surface area contributed by atoms with Crippen molar-refractivity contribution in [3.05, 3.63) is 45.7 Å². The van der Waals surface area contributed by atoms with Crippen LogP contribution in [-0.4, -0.2) is 48.2 Å². The van der Waals surface area contributed by atoms with Gasteiger partial charge in [0.25, 0.3) is 0 Å². The summed E-state index contributed by atoms with van der Waals surface area (Å²) >= 11 is 0. The molecular weight excluding hydrogens is 400 g/mol. The number of hydrogen-bond donors (Lipinski definition) is 1. The Kier molecular flexibility index (Phi) is 4.51. The van der Waals surface area contributed by atoms with Crippen LogP contribution < -0.4 is 19.9 Å². The molecule has 1 N–H and O–H groups in total. The van der Waals surface area contributed by atoms with Crippen molar-refractivity contribution < 1.29 is 24.1 Å². The Bertz CT molecular complexity index is 1120. The lowest BCUT2D eigenvalue weighted by atomic mass is 9.93. The second kappa shape index (κ2) is 7.02. The fourth-order valence-electron chi connectivity index (χ4n) is 4.88. The third-order valence-electron chi connectivity index (χ3n) is 6.59. The quantitative estimate of drug-likeness (QED) is 0.786. The Labute approximate surface area is 179 Å². The first kappa shape index (κ1) is 19.9. The van der Waals surface area contributed by atoms with Gasteiger partial charge in [0.1, 0.15) is 5.56 Å². The van der Waals surface area contributed by atoms with Crippen molar-refractivity contribution in [1.29, 1.82) is 0 Å². The molecule has 0 radical (unpaired) electrons. The maximum Gasteiger partial charge on any atom is 0.341 e. The zero-order valence-corrected chi connectivity index (χ0v) is 17.9. The molecule has 8 heteroatoms. The first-order valence-electron chi connectivity index (χ1n) is 10.5. The van der Waals surface area contributed by atoms with Crippen LogP contribution in [0.15, 0.2) is 29.2 Å². The second-order valence-electron chi connectivity index (χ2n) is 9.10. The third-order valence-corrected chi connectivity index (χ3v) is 6.59. The minimum Gasteiger partial charge on any atom is -0.493 e. The van der Waals surface area contributed by atoms with Gasteiger partial charge >= 0.3 is 5.97 Å². The van der Waals surface area contributed by atoms with Crippen LogP contribution >= 0.6 is 0 Å². The normalized spacial score (nSPS) is 21.0. The lowest BCUT2D eigenvalue weighted by molar-refractivity contribution is -0.0511. The number of rotatable bonds is 5. The molecule has 0 bridgehead atoms. The van der Waals surface area contributed by atoms with Crippen molar-refractivity contribution in [2.45, 2.75) is 38.3 Å². The first-order valence-corrected chi connectivity index (χ1v) is 10.5. The van der Waals surface area contributed by atoms with Crippen LogP contribution in [0.4, 0.5) is 0 Å². The van der Waals surface area contributed by atoms with E-state index in [-0.39, 0.29) is 17.1 Å². The summed E-state index contributed by atoms with van der Waals surface area (Å²) in [4.78, 5) is 24.2. The number of aromatic nitrogens is 1. The van der Waals surface area contributed by atoms with Crippen molar-refractivity contribution >= 4 is 5.97 Å². The van der Waals surface area contributed by atoms with Crippen LogP contribution in [0.2, 0.25) is 0 Å². The molecule has 1 unspecified atom stereocenters. The fourth-order valence-corrected chi connectivity index (χ4v) is 4.88. The Morgan fingerprint density at radius 1 is 1.26 bits per heavy atom. The van der Waals surface area contributed by atoms with Crippen molar-refractivity contribution in [3.63, 3.8) is 0 Å². The maximum atomic E-state index is 12.6. The van der Waals surface area contributed by atoms with Gasteiger partial charge < -0.3 is 19.3 Å². The maximum absolute atomic E-state index is 12.6. The largest absolute Gasteiger partial charge is 0.493 e. The van der Waals surface area contributed by atoms with Gasteiger partial charge in [-0.25, -0.2) is 4.79 Å². The average molecular weight is 426 g/mol. The summed E-state index contributed by atoms with van der Waals surface area (Å²) in [6.45, 7) is 6.25. The number of ether oxygens (including phenoxy) is 3. The van der Waals surface area contributed by atoms with Gasteiger partial charge in [-0.2, -0.15) is 0 Å². The summed E-state index contributed by atoms with van der Waals surface area (Å²) < 4.78 is 18.8. The van der Waals surface area contributed by atoms with Gasteiger partial charge in [0.05, 0.1) is 44.2 Å². The molecule has 1 atom stereocenters. The molecule has 2 saturated heterocycles. The smallest absolute Gasteiger partial charge is 0.341 e. The molecule has 1 aromatic carbocycles. The standard InChI is InChI=1S/C23H26N2O6/c1-23(2)5-4-17-14-7-21(31-12-13-10-30-11-13)20(29-3)6-15(14)18-8-19(26)16(22(27)28)9-24(18)25(17)23/h6-9,13,17H,4-5,10-12H2,1-3H3,(H,27,28). The molecule has 0 aliphatic carbocycles. The predicted octanol–water partition coefficient (Wildman–Crippen LogP) is 2.81. The molecule has 3 aliphatic heterocycles. The highest BCUT2D eigenvalue weighted by Crippen LogP contribution is 2.50. The molecule has 31 heavy (non-hydrogen) atoms. The Morgan fingerprint density at radius 3 is 2.68 bits per heavy atom. The number of aromatic carboxylic acids is 1. The van der Waals surface area contributed by atoms with E-state index in [0.717, 1.165) is 24.0 Å². The van der Waals surface area contributed by atoms with Crippen LogP contribution in [0.5, 0.6) is 11.5 Å². The van der Waals surface area contributed by atoms with E-state index in [4.69, 9.17) is 14.2 Å². The molecule has 0 spiro atoms. The highest BCUT2D eigenvalue weighted by molar-refractivity contribution is 5.88. The van der Waals surface area contributed by atoms with Gasteiger partial charge in [-0.3, -0.25) is 14.5 Å². The highest BCUT2D eigenvalue weighted by Gasteiger charge is 2.45. The number of carboxylic acid groups (broad SMARTS) is 1. The molecule has 0 amide bonds. The van der Waals surface area contributed by atoms with Gasteiger partial charge in [-0.15, -0.1) is 0 Å². The number of carbonyl (C=O) groups is 1. The summed E-state index contributed by atoms with van der Waals surface area (Å²) in [5.41, 5.74) is 1.64. The number of fused-ring (bicyclic) bond motifs is 6. The van der Waals surface area contributed by atoms with Gasteiger partial charge in [0.2, 0.25) is 0 Å². The summed E-state index contributed by atoms with van der Waals surface area (Å²) in [5.74, 6) is 0.430. The van der Waals surface area contributed by atoms with Crippen molar-refractivity contribution in [3.8, 4) is 22.8 Å². The molecule has 8 nitrogen and oxygen atoms in total. The van der Waals surface area contributed by atoms with Crippen molar-refractivity contribution in [2.75, 3.05) is 31.9 Å². The van der Waals surface area contributed by atoms with E-state index >= 15 is 0 Å². The average Bonchev–Trinajstić information content (AvgIpc) is 3.01. The third kappa shape index (κ3) is 3.08. The second-order valence-corrected chi connectivity index (χ2v) is 9.10. The van der Waals surface area contributed by atoms with Gasteiger partial charge in [0.15, 0.2) is 16.9 Å². The monoisotopic (exact) mass is 426 g/mol. The van der Waals surface area contributed by atoms with E-state index in [1.807, 2.05) is 16.8 Å². The SMILES string of the molecule is COc1cc2c(cc1OCC1COC1)C1CCC(C)(C)N1n1cc(C(=O)O)c(=O)cc1-2. The summed E-state index contributed by atoms with van der Waals surface area (Å²) in [6, 6.07) is 5.38. The Hall–Kier alpha value is -3.00. The lowest BCUT2D eigenvalue weighted by Gasteiger charge is -2.44. The minimum atomic E-state index is -1.22. The Morgan fingerprint density at radius 2 is 2.03 bits per heavy atom. The van der Waals surface area contributed by atoms with E-state index in [1.165, 1.54) is 12.3 Å². The van der Waals surface area contributed by atoms with Gasteiger partial charge in [-0.05, 0) is 44.4 Å². The van der Waals surface area contributed by atoms with Crippen LogP contribution in [0, 0.1) is 5.92 Å². The van der Waals surface area contributed by atoms with Crippen LogP contribution in [0.1, 0.15) is 48.7 Å².